The average molecular weight is 336 g/mol. The number of carbonyl (C=O) groups excluding carboxylic acids is 2. The Hall–Kier alpha value is -1.10. The number of hydrogen-bond acceptors (Lipinski definition) is 3. The predicted molar refractivity (Wildman–Crippen MR) is 92.4 cm³/mol. The highest BCUT2D eigenvalue weighted by molar-refractivity contribution is 5.85. The molecule has 1 N–H and O–H groups in total. The summed E-state index contributed by atoms with van der Waals surface area (Å²) < 4.78 is 5.55. The van der Waals surface area contributed by atoms with Gasteiger partial charge in [-0.2, -0.15) is 0 Å². The van der Waals surface area contributed by atoms with Crippen LogP contribution in [0.3, 0.4) is 0 Å². The van der Waals surface area contributed by atoms with E-state index in [0.29, 0.717) is 32.3 Å². The van der Waals surface area contributed by atoms with E-state index in [0.717, 1.165) is 25.7 Å². The molecule has 1 unspecified atom stereocenters. The minimum Gasteiger partial charge on any atom is -0.381 e. The van der Waals surface area contributed by atoms with Crippen LogP contribution in [0.4, 0.5) is 0 Å². The van der Waals surface area contributed by atoms with Crippen molar-refractivity contribution < 1.29 is 14.3 Å². The van der Waals surface area contributed by atoms with Gasteiger partial charge in [-0.1, -0.05) is 33.6 Å². The lowest BCUT2D eigenvalue weighted by atomic mass is 9.71. The Morgan fingerprint density at radius 3 is 2.33 bits per heavy atom. The number of hydrogen-bond donors (Lipinski definition) is 1. The van der Waals surface area contributed by atoms with Gasteiger partial charge in [0.15, 0.2) is 0 Å². The Morgan fingerprint density at radius 1 is 1.12 bits per heavy atom. The lowest BCUT2D eigenvalue weighted by Gasteiger charge is -2.37. The largest absolute Gasteiger partial charge is 0.381 e. The highest BCUT2D eigenvalue weighted by Crippen LogP contribution is 2.45. The molecule has 5 nitrogen and oxygen atoms in total. The van der Waals surface area contributed by atoms with Crippen molar-refractivity contribution in [3.8, 4) is 0 Å². The number of amides is 2. The van der Waals surface area contributed by atoms with Crippen molar-refractivity contribution in [2.45, 2.75) is 65.3 Å². The highest BCUT2D eigenvalue weighted by Gasteiger charge is 2.52. The van der Waals surface area contributed by atoms with Crippen LogP contribution in [0.5, 0.6) is 0 Å². The summed E-state index contributed by atoms with van der Waals surface area (Å²) in [6, 6.07) is 0.335. The number of nitrogens with zero attached hydrogens (tertiary/aromatic N) is 1. The molecule has 3 rings (SSSR count). The lowest BCUT2D eigenvalue weighted by molar-refractivity contribution is -0.139. The summed E-state index contributed by atoms with van der Waals surface area (Å²) in [7, 11) is 0. The molecule has 3 aliphatic rings. The van der Waals surface area contributed by atoms with Gasteiger partial charge in [0.1, 0.15) is 0 Å². The molecule has 0 aromatic heterocycles. The molecule has 24 heavy (non-hydrogen) atoms. The number of nitrogens with one attached hydrogen (secondary N) is 1. The van der Waals surface area contributed by atoms with E-state index in [9.17, 15) is 9.59 Å². The molecule has 1 aliphatic carbocycles. The van der Waals surface area contributed by atoms with E-state index in [1.165, 1.54) is 12.8 Å². The topological polar surface area (TPSA) is 58.6 Å². The maximum atomic E-state index is 13.0. The molecular formula is C19H32N2O3. The maximum Gasteiger partial charge on any atom is 0.227 e. The van der Waals surface area contributed by atoms with Gasteiger partial charge in [-0.05, 0) is 25.7 Å². The molecule has 0 radical (unpaired) electrons. The molecule has 1 saturated carbocycles. The van der Waals surface area contributed by atoms with Crippen molar-refractivity contribution >= 4 is 11.8 Å². The first-order chi connectivity index (χ1) is 11.3. The summed E-state index contributed by atoms with van der Waals surface area (Å²) in [4.78, 5) is 27.7. The van der Waals surface area contributed by atoms with E-state index in [1.807, 2.05) is 25.7 Å². The van der Waals surface area contributed by atoms with E-state index in [4.69, 9.17) is 4.74 Å². The minimum absolute atomic E-state index is 0.0895. The van der Waals surface area contributed by atoms with Gasteiger partial charge in [-0.3, -0.25) is 9.59 Å². The number of ether oxygens (including phenoxy) is 1. The SMILES string of the molecule is CC(C)(C)C(=O)N1CC(C(=O)NC2CCCC2)C2(CCOCC2)C1. The summed E-state index contributed by atoms with van der Waals surface area (Å²) in [6.07, 6.45) is 6.37. The van der Waals surface area contributed by atoms with Crippen molar-refractivity contribution in [3.63, 3.8) is 0 Å². The first kappa shape index (κ1) is 17.7. The molecule has 2 amide bonds. The zero-order chi connectivity index (χ0) is 17.4. The molecule has 0 aromatic carbocycles. The van der Waals surface area contributed by atoms with Crippen molar-refractivity contribution in [2.24, 2.45) is 16.7 Å². The van der Waals surface area contributed by atoms with Crippen molar-refractivity contribution in [3.05, 3.63) is 0 Å². The molecule has 136 valence electrons. The average Bonchev–Trinajstić information content (AvgIpc) is 3.14. The minimum atomic E-state index is -0.400. The third-order valence-electron chi connectivity index (χ3n) is 6.08. The molecule has 1 spiro atoms. The van der Waals surface area contributed by atoms with Crippen molar-refractivity contribution in [2.75, 3.05) is 26.3 Å². The van der Waals surface area contributed by atoms with Gasteiger partial charge >= 0.3 is 0 Å². The molecule has 1 atom stereocenters. The van der Waals surface area contributed by atoms with E-state index in [2.05, 4.69) is 5.32 Å². The van der Waals surface area contributed by atoms with Gasteiger partial charge in [-0.25, -0.2) is 0 Å². The molecule has 5 heteroatoms. The molecule has 0 bridgehead atoms. The quantitative estimate of drug-likeness (QED) is 0.842. The van der Waals surface area contributed by atoms with Gasteiger partial charge in [-0.15, -0.1) is 0 Å². The second-order valence-electron chi connectivity index (χ2n) is 8.95. The smallest absolute Gasteiger partial charge is 0.227 e. The fraction of sp³-hybridized carbons (Fsp3) is 0.895. The van der Waals surface area contributed by atoms with Crippen LogP contribution in [0.1, 0.15) is 59.3 Å². The van der Waals surface area contributed by atoms with E-state index >= 15 is 0 Å². The summed E-state index contributed by atoms with van der Waals surface area (Å²) in [5.74, 6) is 0.228. The highest BCUT2D eigenvalue weighted by atomic mass is 16.5. The molecule has 2 saturated heterocycles. The summed E-state index contributed by atoms with van der Waals surface area (Å²) >= 11 is 0. The van der Waals surface area contributed by atoms with Crippen LogP contribution in [-0.4, -0.2) is 49.1 Å². The standard InChI is InChI=1S/C19H32N2O3/c1-18(2,3)17(23)21-12-15(16(22)20-14-6-4-5-7-14)19(13-21)8-10-24-11-9-19/h14-15H,4-13H2,1-3H3,(H,20,22). The number of carbonyl (C=O) groups is 2. The van der Waals surface area contributed by atoms with Crippen molar-refractivity contribution in [1.82, 2.24) is 10.2 Å². The lowest BCUT2D eigenvalue weighted by Crippen LogP contribution is -2.46. The fourth-order valence-electron chi connectivity index (χ4n) is 4.62. The van der Waals surface area contributed by atoms with Crippen LogP contribution in [0.2, 0.25) is 0 Å². The van der Waals surface area contributed by atoms with Crippen LogP contribution < -0.4 is 5.32 Å². The first-order valence-electron chi connectivity index (χ1n) is 9.49. The van der Waals surface area contributed by atoms with Crippen molar-refractivity contribution in [1.29, 1.82) is 0 Å². The van der Waals surface area contributed by atoms with Gasteiger partial charge < -0.3 is 15.0 Å². The monoisotopic (exact) mass is 336 g/mol. The van der Waals surface area contributed by atoms with E-state index in [-0.39, 0.29) is 23.1 Å². The van der Waals surface area contributed by atoms with E-state index in [1.54, 1.807) is 0 Å². The second-order valence-corrected chi connectivity index (χ2v) is 8.95. The van der Waals surface area contributed by atoms with Crippen LogP contribution in [0, 0.1) is 16.7 Å². The zero-order valence-corrected chi connectivity index (χ0v) is 15.4. The first-order valence-corrected chi connectivity index (χ1v) is 9.49. The Kier molecular flexibility index (Phi) is 4.92. The van der Waals surface area contributed by atoms with Gasteiger partial charge in [0.2, 0.25) is 11.8 Å². The number of rotatable bonds is 2. The van der Waals surface area contributed by atoms with Crippen LogP contribution in [0.15, 0.2) is 0 Å². The van der Waals surface area contributed by atoms with Crippen LogP contribution >= 0.6 is 0 Å². The molecular weight excluding hydrogens is 304 g/mol. The van der Waals surface area contributed by atoms with E-state index < -0.39 is 5.41 Å². The van der Waals surface area contributed by atoms with Crippen LogP contribution in [0.25, 0.3) is 0 Å². The Balaban J connectivity index is 1.76. The third-order valence-corrected chi connectivity index (χ3v) is 6.08. The van der Waals surface area contributed by atoms with Crippen LogP contribution in [-0.2, 0) is 14.3 Å². The van der Waals surface area contributed by atoms with Gasteiger partial charge in [0.05, 0.1) is 5.92 Å². The Morgan fingerprint density at radius 2 is 1.75 bits per heavy atom. The molecule has 0 aromatic rings. The summed E-state index contributed by atoms with van der Waals surface area (Å²) in [6.45, 7) is 8.53. The Bertz CT molecular complexity index is 485. The third kappa shape index (κ3) is 3.46. The molecule has 2 heterocycles. The fourth-order valence-corrected chi connectivity index (χ4v) is 4.62. The predicted octanol–water partition coefficient (Wildman–Crippen LogP) is 2.35. The second kappa shape index (κ2) is 6.66. The van der Waals surface area contributed by atoms with Gasteiger partial charge in [0.25, 0.3) is 0 Å². The summed E-state index contributed by atoms with van der Waals surface area (Å²) in [5.41, 5.74) is -0.495. The van der Waals surface area contributed by atoms with Gasteiger partial charge in [0, 0.05) is 43.2 Å². The molecule has 3 fully saturated rings. The zero-order valence-electron chi connectivity index (χ0n) is 15.4. The number of likely N-dealkylation sites (tertiary alicyclic amines) is 1. The maximum absolute atomic E-state index is 13.0. The molecule has 2 aliphatic heterocycles. The normalized spacial score (nSPS) is 27.6. The Labute approximate surface area is 145 Å². The summed E-state index contributed by atoms with van der Waals surface area (Å²) in [5, 5.41) is 3.27.